The van der Waals surface area contributed by atoms with Crippen molar-refractivity contribution in [1.82, 2.24) is 10.6 Å². The third-order valence-electron chi connectivity index (χ3n) is 3.39. The highest BCUT2D eigenvalue weighted by Crippen LogP contribution is 2.22. The van der Waals surface area contributed by atoms with Gasteiger partial charge in [0.25, 0.3) is 5.69 Å². The average molecular weight is 337 g/mol. The Bertz CT molecular complexity index is 601. The molecule has 1 aromatic rings. The predicted octanol–water partition coefficient (Wildman–Crippen LogP) is 0.628. The van der Waals surface area contributed by atoms with Crippen LogP contribution in [-0.2, 0) is 9.53 Å². The topological polar surface area (TPSA) is 120 Å². The van der Waals surface area contributed by atoms with Crippen molar-refractivity contribution >= 4 is 17.9 Å². The molecule has 2 rings (SSSR count). The molecule has 1 aliphatic rings. The largest absolute Gasteiger partial charge is 0.494 e. The van der Waals surface area contributed by atoms with E-state index in [0.717, 1.165) is 6.54 Å². The highest BCUT2D eigenvalue weighted by molar-refractivity contribution is 5.82. The van der Waals surface area contributed by atoms with Gasteiger partial charge >= 0.3 is 0 Å². The number of nitrogens with zero attached hydrogens (tertiary/aromatic N) is 1. The van der Waals surface area contributed by atoms with E-state index in [0.29, 0.717) is 31.6 Å². The Balaban J connectivity index is 1.72. The molecule has 1 amide bonds. The van der Waals surface area contributed by atoms with Gasteiger partial charge in [0, 0.05) is 25.6 Å². The Kier molecular flexibility index (Phi) is 6.64. The Morgan fingerprint density at radius 1 is 1.54 bits per heavy atom. The van der Waals surface area contributed by atoms with Crippen molar-refractivity contribution in [2.24, 2.45) is 0 Å². The summed E-state index contributed by atoms with van der Waals surface area (Å²) >= 11 is 0. The van der Waals surface area contributed by atoms with Crippen molar-refractivity contribution in [1.29, 1.82) is 0 Å². The van der Waals surface area contributed by atoms with E-state index >= 15 is 0 Å². The average Bonchev–Trinajstić information content (AvgIpc) is 2.59. The van der Waals surface area contributed by atoms with E-state index in [1.807, 2.05) is 0 Å². The number of benzene rings is 1. The fraction of sp³-hybridized carbons (Fsp3) is 0.467. The van der Waals surface area contributed by atoms with Crippen molar-refractivity contribution < 1.29 is 24.0 Å². The molecule has 9 nitrogen and oxygen atoms in total. The molecule has 9 heteroatoms. The molecular formula is C15H19N3O6. The van der Waals surface area contributed by atoms with Crippen LogP contribution in [0.2, 0.25) is 0 Å². The monoisotopic (exact) mass is 337 g/mol. The maximum Gasteiger partial charge on any atom is 0.280 e. The van der Waals surface area contributed by atoms with Gasteiger partial charge in [-0.25, -0.2) is 0 Å². The zero-order valence-corrected chi connectivity index (χ0v) is 13.0. The molecule has 130 valence electrons. The lowest BCUT2D eigenvalue weighted by molar-refractivity contribution is -0.385. The van der Waals surface area contributed by atoms with Gasteiger partial charge in [-0.1, -0.05) is 0 Å². The quantitative estimate of drug-likeness (QED) is 0.309. The highest BCUT2D eigenvalue weighted by Gasteiger charge is 2.16. The molecule has 0 aromatic heterocycles. The number of carbonyl (C=O) groups is 2. The van der Waals surface area contributed by atoms with E-state index < -0.39 is 4.92 Å². The van der Waals surface area contributed by atoms with Crippen LogP contribution >= 0.6 is 0 Å². The van der Waals surface area contributed by atoms with Gasteiger partial charge in [0.2, 0.25) is 5.91 Å². The number of amides is 1. The van der Waals surface area contributed by atoms with Crippen molar-refractivity contribution in [2.45, 2.75) is 19.1 Å². The molecule has 1 aromatic carbocycles. The zero-order chi connectivity index (χ0) is 17.4. The van der Waals surface area contributed by atoms with Gasteiger partial charge in [-0.3, -0.25) is 19.7 Å². The van der Waals surface area contributed by atoms with E-state index in [9.17, 15) is 19.7 Å². The second-order valence-corrected chi connectivity index (χ2v) is 5.18. The summed E-state index contributed by atoms with van der Waals surface area (Å²) in [4.78, 5) is 32.7. The number of carbonyl (C=O) groups excluding carboxylic acids is 2. The van der Waals surface area contributed by atoms with Crippen LogP contribution in [0.4, 0.5) is 5.69 Å². The normalized spacial score (nSPS) is 17.1. The molecule has 0 saturated carbocycles. The zero-order valence-electron chi connectivity index (χ0n) is 13.0. The minimum Gasteiger partial charge on any atom is -0.494 e. The van der Waals surface area contributed by atoms with Gasteiger partial charge < -0.3 is 20.1 Å². The number of nitrogens with one attached hydrogen (secondary N) is 2. The number of rotatable bonds is 8. The standard InChI is InChI=1S/C15H19N3O6/c19-10-11-8-12(3-4-13(11)18(21)22)23-6-1-2-14(20)17-15-9-16-5-7-24-15/h3-4,8,10,15-16H,1-2,5-7,9H2,(H,17,20). The van der Waals surface area contributed by atoms with Crippen molar-refractivity contribution in [2.75, 3.05) is 26.3 Å². The third kappa shape index (κ3) is 5.28. The first-order valence-corrected chi connectivity index (χ1v) is 7.58. The highest BCUT2D eigenvalue weighted by atomic mass is 16.6. The fourth-order valence-corrected chi connectivity index (χ4v) is 2.22. The van der Waals surface area contributed by atoms with E-state index in [2.05, 4.69) is 10.6 Å². The maximum absolute atomic E-state index is 11.7. The van der Waals surface area contributed by atoms with Crippen LogP contribution in [0.25, 0.3) is 0 Å². The molecule has 0 radical (unpaired) electrons. The van der Waals surface area contributed by atoms with Gasteiger partial charge in [-0.15, -0.1) is 0 Å². The molecule has 1 fully saturated rings. The van der Waals surface area contributed by atoms with Crippen molar-refractivity contribution in [3.8, 4) is 5.75 Å². The second-order valence-electron chi connectivity index (χ2n) is 5.18. The molecule has 1 unspecified atom stereocenters. The summed E-state index contributed by atoms with van der Waals surface area (Å²) in [5.41, 5.74) is -0.310. The summed E-state index contributed by atoms with van der Waals surface area (Å²) in [6.45, 7) is 2.18. The SMILES string of the molecule is O=Cc1cc(OCCCC(=O)NC2CNCCO2)ccc1[N+](=O)[O-]. The fourth-order valence-electron chi connectivity index (χ4n) is 2.22. The molecule has 24 heavy (non-hydrogen) atoms. The van der Waals surface area contributed by atoms with Gasteiger partial charge in [0.05, 0.1) is 23.7 Å². The summed E-state index contributed by atoms with van der Waals surface area (Å²) in [6.07, 6.45) is 0.848. The molecular weight excluding hydrogens is 318 g/mol. The van der Waals surface area contributed by atoms with Crippen molar-refractivity contribution in [3.63, 3.8) is 0 Å². The summed E-state index contributed by atoms with van der Waals surface area (Å²) in [7, 11) is 0. The van der Waals surface area contributed by atoms with E-state index in [1.165, 1.54) is 18.2 Å². The second kappa shape index (κ2) is 8.94. The first-order chi connectivity index (χ1) is 11.6. The van der Waals surface area contributed by atoms with E-state index in [1.54, 1.807) is 0 Å². The van der Waals surface area contributed by atoms with Crippen LogP contribution < -0.4 is 15.4 Å². The Hall–Kier alpha value is -2.52. The van der Waals surface area contributed by atoms with E-state index in [-0.39, 0.29) is 36.4 Å². The van der Waals surface area contributed by atoms with Gasteiger partial charge in [-0.2, -0.15) is 0 Å². The molecule has 0 bridgehead atoms. The number of morpholine rings is 1. The summed E-state index contributed by atoms with van der Waals surface area (Å²) in [5, 5.41) is 16.6. The molecule has 1 aliphatic heterocycles. The van der Waals surface area contributed by atoms with Crippen LogP contribution in [0, 0.1) is 10.1 Å². The smallest absolute Gasteiger partial charge is 0.280 e. The van der Waals surface area contributed by atoms with Crippen molar-refractivity contribution in [3.05, 3.63) is 33.9 Å². The number of hydrogen-bond donors (Lipinski definition) is 2. The van der Waals surface area contributed by atoms with Crippen LogP contribution in [0.1, 0.15) is 23.2 Å². The minimum absolute atomic E-state index is 0.0443. The summed E-state index contributed by atoms with van der Waals surface area (Å²) < 4.78 is 10.8. The lowest BCUT2D eigenvalue weighted by Gasteiger charge is -2.24. The lowest BCUT2D eigenvalue weighted by atomic mass is 10.2. The van der Waals surface area contributed by atoms with Crippen LogP contribution in [0.3, 0.4) is 0 Å². The molecule has 1 heterocycles. The number of nitro benzene ring substituents is 1. The van der Waals surface area contributed by atoms with Crippen LogP contribution in [0.5, 0.6) is 5.75 Å². The maximum atomic E-state index is 11.7. The first-order valence-electron chi connectivity index (χ1n) is 7.58. The predicted molar refractivity (Wildman–Crippen MR) is 84.0 cm³/mol. The minimum atomic E-state index is -0.625. The van der Waals surface area contributed by atoms with Gasteiger partial charge in [0.1, 0.15) is 12.0 Å². The lowest BCUT2D eigenvalue weighted by Crippen LogP contribution is -2.48. The Morgan fingerprint density at radius 3 is 3.04 bits per heavy atom. The number of ether oxygens (including phenoxy) is 2. The van der Waals surface area contributed by atoms with Gasteiger partial charge in [-0.05, 0) is 18.6 Å². The third-order valence-corrected chi connectivity index (χ3v) is 3.39. The molecule has 1 atom stereocenters. The molecule has 0 aliphatic carbocycles. The van der Waals surface area contributed by atoms with Gasteiger partial charge in [0.15, 0.2) is 6.29 Å². The van der Waals surface area contributed by atoms with E-state index in [4.69, 9.17) is 9.47 Å². The Morgan fingerprint density at radius 2 is 2.38 bits per heavy atom. The number of aldehydes is 1. The first kappa shape index (κ1) is 17.8. The molecule has 0 spiro atoms. The molecule has 2 N–H and O–H groups in total. The summed E-state index contributed by atoms with van der Waals surface area (Å²) in [5.74, 6) is 0.215. The van der Waals surface area contributed by atoms with Crippen LogP contribution in [-0.4, -0.2) is 49.6 Å². The Labute approximate surface area is 138 Å². The van der Waals surface area contributed by atoms with Crippen LogP contribution in [0.15, 0.2) is 18.2 Å². The number of nitro groups is 1. The molecule has 1 saturated heterocycles. The summed E-state index contributed by atoms with van der Waals surface area (Å²) in [6, 6.07) is 3.96. The number of hydrogen-bond acceptors (Lipinski definition) is 7.